The van der Waals surface area contributed by atoms with Crippen molar-refractivity contribution in [2.45, 2.75) is 13.5 Å². The van der Waals surface area contributed by atoms with Gasteiger partial charge in [0, 0.05) is 11.8 Å². The highest BCUT2D eigenvalue weighted by atomic mass is 16.5. The third-order valence-corrected chi connectivity index (χ3v) is 2.92. The van der Waals surface area contributed by atoms with E-state index in [9.17, 15) is 0 Å². The first-order chi connectivity index (χ1) is 10.7. The highest BCUT2D eigenvalue weighted by molar-refractivity contribution is 5.93. The normalized spacial score (nSPS) is 11.1. The Morgan fingerprint density at radius 3 is 2.86 bits per heavy atom. The number of rotatable bonds is 6. The van der Waals surface area contributed by atoms with Crippen LogP contribution in [0.1, 0.15) is 12.5 Å². The molecule has 0 atom stereocenters. The van der Waals surface area contributed by atoms with E-state index in [0.29, 0.717) is 30.7 Å². The first-order valence-corrected chi connectivity index (χ1v) is 7.01. The van der Waals surface area contributed by atoms with Crippen LogP contribution in [0.3, 0.4) is 0 Å². The van der Waals surface area contributed by atoms with Crippen LogP contribution in [0.2, 0.25) is 0 Å². The second kappa shape index (κ2) is 7.87. The Morgan fingerprint density at radius 1 is 1.27 bits per heavy atom. The number of anilines is 1. The SMILES string of the molecule is CCOc1ncccc1CN=C(N)Nc1ccccc1OC. The fraction of sp³-hybridized carbons (Fsp3) is 0.250. The lowest BCUT2D eigenvalue weighted by Crippen LogP contribution is -2.23. The van der Waals surface area contributed by atoms with Gasteiger partial charge < -0.3 is 20.5 Å². The lowest BCUT2D eigenvalue weighted by molar-refractivity contribution is 0.323. The van der Waals surface area contributed by atoms with Gasteiger partial charge in [-0.1, -0.05) is 18.2 Å². The standard InChI is InChI=1S/C16H20N4O2/c1-3-22-15-12(7-6-10-18-15)11-19-16(17)20-13-8-4-5-9-14(13)21-2/h4-10H,3,11H2,1-2H3,(H3,17,19,20). The summed E-state index contributed by atoms with van der Waals surface area (Å²) in [6, 6.07) is 11.3. The van der Waals surface area contributed by atoms with Crippen LogP contribution in [0.25, 0.3) is 0 Å². The quantitative estimate of drug-likeness (QED) is 0.632. The second-order valence-corrected chi connectivity index (χ2v) is 4.43. The lowest BCUT2D eigenvalue weighted by atomic mass is 10.3. The smallest absolute Gasteiger partial charge is 0.218 e. The van der Waals surface area contributed by atoms with Crippen molar-refractivity contribution in [3.63, 3.8) is 0 Å². The third-order valence-electron chi connectivity index (χ3n) is 2.92. The molecule has 0 spiro atoms. The van der Waals surface area contributed by atoms with Gasteiger partial charge in [-0.25, -0.2) is 9.98 Å². The average Bonchev–Trinajstić information content (AvgIpc) is 2.55. The Balaban J connectivity index is 2.07. The summed E-state index contributed by atoms with van der Waals surface area (Å²) in [4.78, 5) is 8.50. The molecule has 0 radical (unpaired) electrons. The first-order valence-electron chi connectivity index (χ1n) is 7.01. The van der Waals surface area contributed by atoms with Gasteiger partial charge in [0.1, 0.15) is 5.75 Å². The molecule has 0 amide bonds. The molecule has 1 aromatic heterocycles. The van der Waals surface area contributed by atoms with Crippen LogP contribution in [0.4, 0.5) is 5.69 Å². The number of nitrogens with two attached hydrogens (primary N) is 1. The second-order valence-electron chi connectivity index (χ2n) is 4.43. The summed E-state index contributed by atoms with van der Waals surface area (Å²) in [7, 11) is 1.61. The summed E-state index contributed by atoms with van der Waals surface area (Å²) in [5.74, 6) is 1.59. The summed E-state index contributed by atoms with van der Waals surface area (Å²) in [5.41, 5.74) is 7.57. The monoisotopic (exact) mass is 300 g/mol. The summed E-state index contributed by atoms with van der Waals surface area (Å²) in [6.45, 7) is 2.86. The molecule has 0 saturated heterocycles. The molecule has 116 valence electrons. The summed E-state index contributed by atoms with van der Waals surface area (Å²) in [6.07, 6.45) is 1.69. The highest BCUT2D eigenvalue weighted by Gasteiger charge is 2.05. The van der Waals surface area contributed by atoms with Crippen LogP contribution in [-0.4, -0.2) is 24.7 Å². The van der Waals surface area contributed by atoms with E-state index in [0.717, 1.165) is 11.3 Å². The van der Waals surface area contributed by atoms with Gasteiger partial charge in [0.2, 0.25) is 5.88 Å². The van der Waals surface area contributed by atoms with Gasteiger partial charge in [-0.2, -0.15) is 0 Å². The number of hydrogen-bond acceptors (Lipinski definition) is 4. The minimum absolute atomic E-state index is 0.302. The maximum Gasteiger partial charge on any atom is 0.218 e. The lowest BCUT2D eigenvalue weighted by Gasteiger charge is -2.10. The summed E-state index contributed by atoms with van der Waals surface area (Å²) in [5, 5.41) is 3.02. The zero-order valence-corrected chi connectivity index (χ0v) is 12.7. The summed E-state index contributed by atoms with van der Waals surface area (Å²) < 4.78 is 10.7. The molecule has 0 aliphatic heterocycles. The zero-order valence-electron chi connectivity index (χ0n) is 12.7. The van der Waals surface area contributed by atoms with Gasteiger partial charge in [0.25, 0.3) is 0 Å². The zero-order chi connectivity index (χ0) is 15.8. The van der Waals surface area contributed by atoms with Gasteiger partial charge >= 0.3 is 0 Å². The number of nitrogens with one attached hydrogen (secondary N) is 1. The molecule has 22 heavy (non-hydrogen) atoms. The molecule has 0 fully saturated rings. The molecule has 0 aliphatic rings. The Morgan fingerprint density at radius 2 is 2.09 bits per heavy atom. The number of aromatic nitrogens is 1. The Kier molecular flexibility index (Phi) is 5.59. The predicted octanol–water partition coefficient (Wildman–Crippen LogP) is 2.42. The topological polar surface area (TPSA) is 81.8 Å². The number of benzene rings is 1. The number of pyridine rings is 1. The number of guanidine groups is 1. The summed E-state index contributed by atoms with van der Waals surface area (Å²) >= 11 is 0. The minimum atomic E-state index is 0.302. The molecule has 0 bridgehead atoms. The molecule has 1 heterocycles. The third kappa shape index (κ3) is 4.12. The molecule has 6 heteroatoms. The Bertz CT molecular complexity index is 644. The fourth-order valence-electron chi connectivity index (χ4n) is 1.91. The van der Waals surface area contributed by atoms with E-state index in [1.807, 2.05) is 43.3 Å². The largest absolute Gasteiger partial charge is 0.495 e. The molecule has 3 N–H and O–H groups in total. The van der Waals surface area contributed by atoms with E-state index in [1.54, 1.807) is 13.3 Å². The molecular formula is C16H20N4O2. The van der Waals surface area contributed by atoms with Crippen molar-refractivity contribution in [3.05, 3.63) is 48.2 Å². The van der Waals surface area contributed by atoms with Gasteiger partial charge in [-0.05, 0) is 25.1 Å². The van der Waals surface area contributed by atoms with Crippen molar-refractivity contribution in [2.24, 2.45) is 10.7 Å². The van der Waals surface area contributed by atoms with Crippen LogP contribution >= 0.6 is 0 Å². The fourth-order valence-corrected chi connectivity index (χ4v) is 1.91. The van der Waals surface area contributed by atoms with Crippen molar-refractivity contribution < 1.29 is 9.47 Å². The number of aliphatic imine (C=N–C) groups is 1. The van der Waals surface area contributed by atoms with Crippen LogP contribution in [-0.2, 0) is 6.54 Å². The number of hydrogen-bond donors (Lipinski definition) is 2. The number of methoxy groups -OCH3 is 1. The maximum absolute atomic E-state index is 5.92. The van der Waals surface area contributed by atoms with Gasteiger partial charge in [-0.15, -0.1) is 0 Å². The van der Waals surface area contributed by atoms with E-state index in [-0.39, 0.29) is 0 Å². The first kappa shape index (κ1) is 15.6. The minimum Gasteiger partial charge on any atom is -0.495 e. The van der Waals surface area contributed by atoms with E-state index >= 15 is 0 Å². The van der Waals surface area contributed by atoms with Crippen molar-refractivity contribution in [2.75, 3.05) is 19.0 Å². The highest BCUT2D eigenvalue weighted by Crippen LogP contribution is 2.22. The van der Waals surface area contributed by atoms with E-state index in [1.165, 1.54) is 0 Å². The molecule has 2 rings (SSSR count). The van der Waals surface area contributed by atoms with Crippen LogP contribution in [0.15, 0.2) is 47.6 Å². The molecule has 0 unspecified atom stereocenters. The van der Waals surface area contributed by atoms with Gasteiger partial charge in [0.05, 0.1) is 25.9 Å². The molecular weight excluding hydrogens is 280 g/mol. The van der Waals surface area contributed by atoms with E-state index < -0.39 is 0 Å². The number of nitrogens with zero attached hydrogens (tertiary/aromatic N) is 2. The van der Waals surface area contributed by atoms with Crippen LogP contribution < -0.4 is 20.5 Å². The number of para-hydroxylation sites is 2. The van der Waals surface area contributed by atoms with Gasteiger partial charge in [-0.3, -0.25) is 0 Å². The predicted molar refractivity (Wildman–Crippen MR) is 87.3 cm³/mol. The Hall–Kier alpha value is -2.76. The maximum atomic E-state index is 5.92. The molecule has 2 aromatic rings. The molecule has 1 aromatic carbocycles. The van der Waals surface area contributed by atoms with Crippen molar-refractivity contribution in [1.82, 2.24) is 4.98 Å². The van der Waals surface area contributed by atoms with Gasteiger partial charge in [0.15, 0.2) is 5.96 Å². The van der Waals surface area contributed by atoms with E-state index in [2.05, 4.69) is 15.3 Å². The Labute approximate surface area is 130 Å². The van der Waals surface area contributed by atoms with E-state index in [4.69, 9.17) is 15.2 Å². The molecule has 0 saturated carbocycles. The van der Waals surface area contributed by atoms with Crippen molar-refractivity contribution >= 4 is 11.6 Å². The van der Waals surface area contributed by atoms with Crippen LogP contribution in [0, 0.1) is 0 Å². The number of ether oxygens (including phenoxy) is 2. The average molecular weight is 300 g/mol. The molecule has 0 aliphatic carbocycles. The molecule has 6 nitrogen and oxygen atoms in total. The van der Waals surface area contributed by atoms with Crippen molar-refractivity contribution in [1.29, 1.82) is 0 Å². The van der Waals surface area contributed by atoms with Crippen LogP contribution in [0.5, 0.6) is 11.6 Å². The van der Waals surface area contributed by atoms with Crippen molar-refractivity contribution in [3.8, 4) is 11.6 Å².